The van der Waals surface area contributed by atoms with Crippen LogP contribution in [0.4, 0.5) is 30.4 Å². The van der Waals surface area contributed by atoms with E-state index in [0.29, 0.717) is 0 Å². The summed E-state index contributed by atoms with van der Waals surface area (Å²) in [6.45, 7) is -0.625. The minimum absolute atomic E-state index is 0.0665. The van der Waals surface area contributed by atoms with E-state index in [-0.39, 0.29) is 33.0 Å². The number of carbonyl (C=O) groups excluding carboxylic acids is 1. The molecular weight excluding hydrogens is 535 g/mol. The second-order valence-electron chi connectivity index (χ2n) is 7.62. The van der Waals surface area contributed by atoms with Crippen molar-refractivity contribution < 1.29 is 31.1 Å². The molecule has 0 fully saturated rings. The zero-order valence-corrected chi connectivity index (χ0v) is 20.3. The number of hydrogen-bond donors (Lipinski definition) is 3. The number of nitrogens with zero attached hydrogens (tertiary/aromatic N) is 2. The molecule has 1 aliphatic rings. The fraction of sp³-hybridized carbons (Fsp3) is 0.130. The molecule has 0 saturated heterocycles. The Balaban J connectivity index is 1.40. The summed E-state index contributed by atoms with van der Waals surface area (Å²) < 4.78 is 72.6. The maximum Gasteiger partial charge on any atom is 0.409 e. The molecule has 37 heavy (non-hydrogen) atoms. The van der Waals surface area contributed by atoms with Crippen molar-refractivity contribution >= 4 is 44.7 Å². The van der Waals surface area contributed by atoms with Gasteiger partial charge in [0.1, 0.15) is 11.9 Å². The molecule has 1 amide bonds. The van der Waals surface area contributed by atoms with Crippen LogP contribution >= 0.6 is 11.6 Å². The Morgan fingerprint density at radius 3 is 2.43 bits per heavy atom. The third-order valence-corrected chi connectivity index (χ3v) is 6.64. The van der Waals surface area contributed by atoms with Crippen LogP contribution in [0.3, 0.4) is 0 Å². The third-order valence-electron chi connectivity index (χ3n) is 4.95. The summed E-state index contributed by atoms with van der Waals surface area (Å²) in [7, 11) is -3.91. The van der Waals surface area contributed by atoms with Gasteiger partial charge in [-0.1, -0.05) is 29.8 Å². The maximum atomic E-state index is 13.3. The average Bonchev–Trinajstić information content (AvgIpc) is 3.28. The number of pyridine rings is 1. The van der Waals surface area contributed by atoms with Crippen LogP contribution in [0.5, 0.6) is 0 Å². The van der Waals surface area contributed by atoms with Crippen molar-refractivity contribution in [3.8, 4) is 0 Å². The number of alkyl halides is 3. The summed E-state index contributed by atoms with van der Waals surface area (Å²) in [4.78, 5) is 16.2. The number of halogens is 4. The van der Waals surface area contributed by atoms with Crippen LogP contribution in [0.15, 0.2) is 89.8 Å². The minimum atomic E-state index is -4.61. The van der Waals surface area contributed by atoms with E-state index in [4.69, 9.17) is 16.3 Å². The SMILES string of the molecule is O=C(COC1=CC(C(F)(F)F)NN1c1ccccc1Cl)Nc1ccc(S(=O)(=O)Nc2ccccn2)cc1. The van der Waals surface area contributed by atoms with Gasteiger partial charge in [0.2, 0.25) is 5.88 Å². The van der Waals surface area contributed by atoms with Gasteiger partial charge >= 0.3 is 6.18 Å². The highest BCUT2D eigenvalue weighted by Gasteiger charge is 2.44. The van der Waals surface area contributed by atoms with Gasteiger partial charge in [-0.2, -0.15) is 13.2 Å². The Hall–Kier alpha value is -3.81. The Bertz CT molecular complexity index is 1400. The first-order chi connectivity index (χ1) is 17.5. The number of benzene rings is 2. The van der Waals surface area contributed by atoms with Crippen molar-refractivity contribution in [3.63, 3.8) is 0 Å². The molecule has 0 bridgehead atoms. The third kappa shape index (κ3) is 6.50. The summed E-state index contributed by atoms with van der Waals surface area (Å²) >= 11 is 6.12. The zero-order chi connectivity index (χ0) is 26.6. The molecule has 9 nitrogen and oxygen atoms in total. The number of aromatic nitrogens is 1. The molecule has 1 aliphatic heterocycles. The normalized spacial score (nSPS) is 15.7. The summed E-state index contributed by atoms with van der Waals surface area (Å²) in [6, 6.07) is 14.2. The molecule has 14 heteroatoms. The summed E-state index contributed by atoms with van der Waals surface area (Å²) in [6.07, 6.45) is -2.38. The van der Waals surface area contributed by atoms with Crippen LogP contribution in [0, 0.1) is 0 Å². The molecule has 2 aromatic carbocycles. The van der Waals surface area contributed by atoms with Crippen molar-refractivity contribution in [1.29, 1.82) is 0 Å². The lowest BCUT2D eigenvalue weighted by atomic mass is 10.3. The molecular formula is C23H19ClF3N5O4S. The molecule has 0 spiro atoms. The number of para-hydroxylation sites is 1. The Labute approximate surface area is 214 Å². The van der Waals surface area contributed by atoms with E-state index in [1.165, 1.54) is 48.7 Å². The van der Waals surface area contributed by atoms with E-state index in [9.17, 15) is 26.4 Å². The molecule has 194 valence electrons. The number of nitrogens with one attached hydrogen (secondary N) is 3. The highest BCUT2D eigenvalue weighted by Crippen LogP contribution is 2.34. The Morgan fingerprint density at radius 1 is 1.08 bits per heavy atom. The van der Waals surface area contributed by atoms with Crippen LogP contribution in [-0.4, -0.2) is 38.1 Å². The Morgan fingerprint density at radius 2 is 1.78 bits per heavy atom. The van der Waals surface area contributed by atoms with Gasteiger partial charge in [-0.3, -0.25) is 9.52 Å². The van der Waals surface area contributed by atoms with Crippen LogP contribution in [-0.2, 0) is 19.6 Å². The van der Waals surface area contributed by atoms with E-state index in [1.807, 2.05) is 0 Å². The molecule has 3 N–H and O–H groups in total. The average molecular weight is 554 g/mol. The second kappa shape index (κ2) is 10.7. The molecule has 0 radical (unpaired) electrons. The molecule has 1 aromatic heterocycles. The van der Waals surface area contributed by atoms with Gasteiger partial charge in [-0.25, -0.2) is 23.8 Å². The standard InChI is InChI=1S/C23H19ClF3N5O4S/c24-17-5-1-2-6-18(17)32-22(13-19(30-32)23(25,26)27)36-14-21(33)29-15-8-10-16(11-9-15)37(34,35)31-20-7-3-4-12-28-20/h1-13,19,30H,14H2,(H,28,31)(H,29,33). The smallest absolute Gasteiger partial charge is 0.409 e. The van der Waals surface area contributed by atoms with Crippen molar-refractivity contribution in [2.24, 2.45) is 0 Å². The van der Waals surface area contributed by atoms with Crippen LogP contribution in [0.1, 0.15) is 0 Å². The largest absolute Gasteiger partial charge is 0.468 e. The van der Waals surface area contributed by atoms with E-state index in [1.54, 1.807) is 24.3 Å². The molecule has 0 saturated carbocycles. The van der Waals surface area contributed by atoms with Crippen molar-refractivity contribution in [1.82, 2.24) is 10.4 Å². The molecule has 3 aromatic rings. The number of rotatable bonds is 8. The number of amides is 1. The van der Waals surface area contributed by atoms with Crippen molar-refractivity contribution in [3.05, 3.63) is 89.9 Å². The molecule has 0 aliphatic carbocycles. The fourth-order valence-electron chi connectivity index (χ4n) is 3.23. The molecule has 1 atom stereocenters. The van der Waals surface area contributed by atoms with Gasteiger partial charge in [-0.15, -0.1) is 0 Å². The summed E-state index contributed by atoms with van der Waals surface area (Å²) in [5.74, 6) is -0.795. The van der Waals surface area contributed by atoms with E-state index >= 15 is 0 Å². The number of carbonyl (C=O) groups is 1. The molecule has 1 unspecified atom stereocenters. The lowest BCUT2D eigenvalue weighted by Crippen LogP contribution is -2.45. The first-order valence-electron chi connectivity index (χ1n) is 10.6. The fourth-order valence-corrected chi connectivity index (χ4v) is 4.46. The molecule has 4 rings (SSSR count). The first kappa shape index (κ1) is 26.3. The van der Waals surface area contributed by atoms with Gasteiger partial charge in [0.05, 0.1) is 15.6 Å². The maximum absolute atomic E-state index is 13.3. The van der Waals surface area contributed by atoms with Gasteiger partial charge in [-0.05, 0) is 48.5 Å². The predicted octanol–water partition coefficient (Wildman–Crippen LogP) is 4.29. The number of hydrogen-bond acceptors (Lipinski definition) is 7. The van der Waals surface area contributed by atoms with Gasteiger partial charge in [0.15, 0.2) is 6.61 Å². The highest BCUT2D eigenvalue weighted by atomic mass is 35.5. The minimum Gasteiger partial charge on any atom is -0.468 e. The number of anilines is 3. The first-order valence-corrected chi connectivity index (χ1v) is 12.4. The van der Waals surface area contributed by atoms with E-state index < -0.39 is 34.8 Å². The summed E-state index contributed by atoms with van der Waals surface area (Å²) in [5, 5.41) is 3.68. The van der Waals surface area contributed by atoms with Crippen molar-refractivity contribution in [2.45, 2.75) is 17.1 Å². The number of ether oxygens (including phenoxy) is 1. The van der Waals surface area contributed by atoms with Gasteiger partial charge in [0, 0.05) is 18.0 Å². The van der Waals surface area contributed by atoms with Crippen LogP contribution < -0.4 is 20.5 Å². The topological polar surface area (TPSA) is 113 Å². The summed E-state index contributed by atoms with van der Waals surface area (Å²) in [5.41, 5.74) is 2.71. The van der Waals surface area contributed by atoms with Gasteiger partial charge < -0.3 is 10.1 Å². The quantitative estimate of drug-likeness (QED) is 0.381. The lowest BCUT2D eigenvalue weighted by Gasteiger charge is -2.25. The zero-order valence-electron chi connectivity index (χ0n) is 18.7. The second-order valence-corrected chi connectivity index (χ2v) is 9.71. The van der Waals surface area contributed by atoms with E-state index in [2.05, 4.69) is 20.4 Å². The highest BCUT2D eigenvalue weighted by molar-refractivity contribution is 7.92. The van der Waals surface area contributed by atoms with E-state index in [0.717, 1.165) is 11.1 Å². The van der Waals surface area contributed by atoms with Crippen molar-refractivity contribution in [2.75, 3.05) is 21.7 Å². The van der Waals surface area contributed by atoms with Gasteiger partial charge in [0.25, 0.3) is 15.9 Å². The predicted molar refractivity (Wildman–Crippen MR) is 131 cm³/mol. The molecule has 2 heterocycles. The Kier molecular flexibility index (Phi) is 7.57. The number of hydrazine groups is 1. The van der Waals surface area contributed by atoms with Crippen LogP contribution in [0.2, 0.25) is 5.02 Å². The van der Waals surface area contributed by atoms with Crippen LogP contribution in [0.25, 0.3) is 0 Å². The number of sulfonamides is 1. The lowest BCUT2D eigenvalue weighted by molar-refractivity contribution is -0.142. The monoisotopic (exact) mass is 553 g/mol.